The lowest BCUT2D eigenvalue weighted by molar-refractivity contribution is -0.140. The normalized spacial score (nSPS) is 17.2. The van der Waals surface area contributed by atoms with Gasteiger partial charge in [-0.2, -0.15) is 0 Å². The van der Waals surface area contributed by atoms with E-state index in [2.05, 4.69) is 20.7 Å². The van der Waals surface area contributed by atoms with Crippen LogP contribution in [0.2, 0.25) is 0 Å². The monoisotopic (exact) mass is 466 g/mol. The molecular weight excluding hydrogens is 438 g/mol. The van der Waals surface area contributed by atoms with E-state index in [4.69, 9.17) is 0 Å². The van der Waals surface area contributed by atoms with Gasteiger partial charge in [-0.15, -0.1) is 0 Å². The van der Waals surface area contributed by atoms with Crippen molar-refractivity contribution in [1.82, 2.24) is 15.5 Å². The van der Waals surface area contributed by atoms with Crippen molar-refractivity contribution >= 4 is 29.5 Å². The summed E-state index contributed by atoms with van der Waals surface area (Å²) in [6.07, 6.45) is 2.15. The zero-order chi connectivity index (χ0) is 24.5. The Morgan fingerprint density at radius 1 is 1.21 bits per heavy atom. The Hall–Kier alpha value is -3.50. The van der Waals surface area contributed by atoms with Crippen LogP contribution in [0.1, 0.15) is 33.1 Å². The van der Waals surface area contributed by atoms with Gasteiger partial charge in [-0.25, -0.2) is 13.6 Å². The van der Waals surface area contributed by atoms with Gasteiger partial charge in [0, 0.05) is 31.7 Å². The molecule has 1 aromatic rings. The van der Waals surface area contributed by atoms with Crippen molar-refractivity contribution in [3.05, 3.63) is 41.5 Å². The molecule has 1 aliphatic heterocycles. The van der Waals surface area contributed by atoms with Gasteiger partial charge < -0.3 is 25.6 Å². The summed E-state index contributed by atoms with van der Waals surface area (Å²) in [5.74, 6) is -3.01. The number of nitrogens with one attached hydrogen (secondary N) is 3. The standard InChI is InChI=1S/C22H28F2N4O5/c1-13(2)11-18(29)28-10-8-17(20(28)21(31)25-9-4-5-19(30)33-3)27-22(32)26-16-7-6-14(23)12-15(16)24/h6-7,11-12,17,20H,4-5,8-10H2,1-3H3,(H,25,31)(H2,26,27,32)/t17-,20-/m0/s1. The number of carbonyl (C=O) groups excluding carboxylic acids is 4. The Balaban J connectivity index is 2.09. The fourth-order valence-corrected chi connectivity index (χ4v) is 3.41. The Morgan fingerprint density at radius 2 is 1.94 bits per heavy atom. The van der Waals surface area contributed by atoms with Crippen molar-refractivity contribution in [2.24, 2.45) is 0 Å². The highest BCUT2D eigenvalue weighted by Gasteiger charge is 2.42. The van der Waals surface area contributed by atoms with Crippen LogP contribution in [0.3, 0.4) is 0 Å². The van der Waals surface area contributed by atoms with E-state index in [1.54, 1.807) is 13.8 Å². The third-order valence-electron chi connectivity index (χ3n) is 4.94. The third-order valence-corrected chi connectivity index (χ3v) is 4.94. The van der Waals surface area contributed by atoms with Crippen LogP contribution in [0.5, 0.6) is 0 Å². The van der Waals surface area contributed by atoms with E-state index >= 15 is 0 Å². The van der Waals surface area contributed by atoms with E-state index in [-0.39, 0.29) is 31.1 Å². The van der Waals surface area contributed by atoms with E-state index in [0.717, 1.165) is 17.7 Å². The molecule has 1 aromatic carbocycles. The second-order valence-corrected chi connectivity index (χ2v) is 7.79. The molecule has 180 valence electrons. The number of hydrogen-bond donors (Lipinski definition) is 3. The van der Waals surface area contributed by atoms with Gasteiger partial charge in [-0.1, -0.05) is 5.57 Å². The first-order chi connectivity index (χ1) is 15.6. The van der Waals surface area contributed by atoms with Crippen molar-refractivity contribution < 1.29 is 32.7 Å². The Kier molecular flexibility index (Phi) is 9.31. The first-order valence-electron chi connectivity index (χ1n) is 10.4. The minimum Gasteiger partial charge on any atom is -0.469 e. The molecule has 1 saturated heterocycles. The molecule has 11 heteroatoms. The number of benzene rings is 1. The molecule has 33 heavy (non-hydrogen) atoms. The van der Waals surface area contributed by atoms with Gasteiger partial charge in [0.2, 0.25) is 11.8 Å². The molecule has 0 radical (unpaired) electrons. The van der Waals surface area contributed by atoms with Crippen LogP contribution in [-0.4, -0.2) is 61.0 Å². The molecule has 0 spiro atoms. The molecule has 2 rings (SSSR count). The lowest BCUT2D eigenvalue weighted by Crippen LogP contribution is -2.55. The van der Waals surface area contributed by atoms with E-state index in [1.807, 2.05) is 0 Å². The highest BCUT2D eigenvalue weighted by Crippen LogP contribution is 2.21. The van der Waals surface area contributed by atoms with E-state index in [9.17, 15) is 28.0 Å². The predicted molar refractivity (Wildman–Crippen MR) is 116 cm³/mol. The van der Waals surface area contributed by atoms with E-state index in [0.29, 0.717) is 18.9 Å². The molecule has 0 aliphatic carbocycles. The maximum atomic E-state index is 13.8. The number of allylic oxidation sites excluding steroid dienone is 1. The third kappa shape index (κ3) is 7.55. The minimum atomic E-state index is -1.00. The predicted octanol–water partition coefficient (Wildman–Crippen LogP) is 2.09. The SMILES string of the molecule is COC(=O)CCCNC(=O)[C@@H]1[C@@H](NC(=O)Nc2ccc(F)cc2F)CCN1C(=O)C=C(C)C. The zero-order valence-electron chi connectivity index (χ0n) is 18.7. The molecule has 9 nitrogen and oxygen atoms in total. The summed E-state index contributed by atoms with van der Waals surface area (Å²) in [5, 5.41) is 7.55. The van der Waals surface area contributed by atoms with Crippen molar-refractivity contribution in [3.63, 3.8) is 0 Å². The van der Waals surface area contributed by atoms with E-state index in [1.165, 1.54) is 18.1 Å². The topological polar surface area (TPSA) is 117 Å². The van der Waals surface area contributed by atoms with Crippen molar-refractivity contribution in [1.29, 1.82) is 0 Å². The summed E-state index contributed by atoms with van der Waals surface area (Å²) >= 11 is 0. The Morgan fingerprint density at radius 3 is 2.58 bits per heavy atom. The molecule has 2 atom stereocenters. The summed E-state index contributed by atoms with van der Waals surface area (Å²) in [6, 6.07) is 0.160. The number of nitrogens with zero attached hydrogens (tertiary/aromatic N) is 1. The fraction of sp³-hybridized carbons (Fsp3) is 0.455. The van der Waals surface area contributed by atoms with Crippen molar-refractivity contribution in [2.75, 3.05) is 25.5 Å². The highest BCUT2D eigenvalue weighted by atomic mass is 19.1. The summed E-state index contributed by atoms with van der Waals surface area (Å²) in [4.78, 5) is 50.5. The number of hydrogen-bond acceptors (Lipinski definition) is 5. The average molecular weight is 466 g/mol. The van der Waals surface area contributed by atoms with Crippen molar-refractivity contribution in [3.8, 4) is 0 Å². The van der Waals surface area contributed by atoms with Gasteiger partial charge in [-0.05, 0) is 38.8 Å². The molecule has 0 bridgehead atoms. The summed E-state index contributed by atoms with van der Waals surface area (Å²) in [5.41, 5.74) is 0.520. The molecule has 1 aliphatic rings. The van der Waals surface area contributed by atoms with Crippen molar-refractivity contribution in [2.45, 2.75) is 45.2 Å². The largest absolute Gasteiger partial charge is 0.469 e. The molecule has 1 heterocycles. The second kappa shape index (κ2) is 11.9. The number of halogens is 2. The van der Waals surface area contributed by atoms with Crippen LogP contribution in [0, 0.1) is 11.6 Å². The number of rotatable bonds is 8. The van der Waals surface area contributed by atoms with Crippen LogP contribution in [-0.2, 0) is 19.1 Å². The zero-order valence-corrected chi connectivity index (χ0v) is 18.7. The van der Waals surface area contributed by atoms with Crippen LogP contribution < -0.4 is 16.0 Å². The maximum Gasteiger partial charge on any atom is 0.319 e. The quantitative estimate of drug-likeness (QED) is 0.308. The number of carbonyl (C=O) groups is 4. The number of urea groups is 1. The van der Waals surface area contributed by atoms with Crippen LogP contribution in [0.15, 0.2) is 29.8 Å². The lowest BCUT2D eigenvalue weighted by atomic mass is 10.1. The first-order valence-corrected chi connectivity index (χ1v) is 10.4. The van der Waals surface area contributed by atoms with Gasteiger partial charge in [0.25, 0.3) is 0 Å². The number of esters is 1. The number of methoxy groups -OCH3 is 1. The number of amides is 4. The molecule has 0 saturated carbocycles. The van der Waals surface area contributed by atoms with Gasteiger partial charge >= 0.3 is 12.0 Å². The maximum absolute atomic E-state index is 13.8. The molecule has 0 aromatic heterocycles. The van der Waals surface area contributed by atoms with Crippen LogP contribution >= 0.6 is 0 Å². The fourth-order valence-electron chi connectivity index (χ4n) is 3.41. The molecule has 4 amide bonds. The van der Waals surface area contributed by atoms with Gasteiger partial charge in [-0.3, -0.25) is 14.4 Å². The smallest absolute Gasteiger partial charge is 0.319 e. The highest BCUT2D eigenvalue weighted by molar-refractivity contribution is 5.95. The van der Waals surface area contributed by atoms with Crippen LogP contribution in [0.4, 0.5) is 19.3 Å². The van der Waals surface area contributed by atoms with Gasteiger partial charge in [0.05, 0.1) is 18.8 Å². The van der Waals surface area contributed by atoms with Gasteiger partial charge in [0.1, 0.15) is 17.7 Å². The Labute approximate surface area is 190 Å². The molecule has 3 N–H and O–H groups in total. The minimum absolute atomic E-state index is 0.120. The van der Waals surface area contributed by atoms with E-state index < -0.39 is 41.6 Å². The average Bonchev–Trinajstić information content (AvgIpc) is 3.16. The number of anilines is 1. The molecule has 1 fully saturated rings. The second-order valence-electron chi connectivity index (χ2n) is 7.79. The first kappa shape index (κ1) is 25.8. The van der Waals surface area contributed by atoms with Gasteiger partial charge in [0.15, 0.2) is 0 Å². The summed E-state index contributed by atoms with van der Waals surface area (Å²) in [7, 11) is 1.27. The van der Waals surface area contributed by atoms with Crippen LogP contribution in [0.25, 0.3) is 0 Å². The molecular formula is C22H28F2N4O5. The lowest BCUT2D eigenvalue weighted by Gasteiger charge is -2.27. The Bertz CT molecular complexity index is 933. The number of likely N-dealkylation sites (tertiary alicyclic amines) is 1. The number of ether oxygens (including phenoxy) is 1. The summed E-state index contributed by atoms with van der Waals surface area (Å²) in [6.45, 7) is 3.89. The molecule has 0 unspecified atom stereocenters. The summed E-state index contributed by atoms with van der Waals surface area (Å²) < 4.78 is 31.5.